The highest BCUT2D eigenvalue weighted by Crippen LogP contribution is 2.48. The smallest absolute Gasteiger partial charge is 0.302 e. The third-order valence-corrected chi connectivity index (χ3v) is 6.07. The van der Waals surface area contributed by atoms with Crippen LogP contribution in [0.2, 0.25) is 0 Å². The summed E-state index contributed by atoms with van der Waals surface area (Å²) >= 11 is 0. The molecule has 1 heterocycles. The normalized spacial score (nSPS) is 19.1. The average Bonchev–Trinajstić information content (AvgIpc) is 2.84. The van der Waals surface area contributed by atoms with Gasteiger partial charge < -0.3 is 28.4 Å². The summed E-state index contributed by atoms with van der Waals surface area (Å²) in [5.74, 6) is -0.0443. The molecule has 9 heteroatoms. The molecule has 0 saturated carbocycles. The maximum atomic E-state index is 13.8. The van der Waals surface area contributed by atoms with Crippen molar-refractivity contribution in [2.75, 3.05) is 35.0 Å². The minimum atomic E-state index is -0.574. The van der Waals surface area contributed by atoms with Gasteiger partial charge in [0.2, 0.25) is 5.78 Å². The summed E-state index contributed by atoms with van der Waals surface area (Å²) in [7, 11) is 5.77. The van der Waals surface area contributed by atoms with Crippen molar-refractivity contribution in [3.63, 3.8) is 0 Å². The zero-order valence-corrected chi connectivity index (χ0v) is 19.7. The van der Waals surface area contributed by atoms with Crippen LogP contribution in [0.25, 0.3) is 0 Å². The van der Waals surface area contributed by atoms with E-state index in [-0.39, 0.29) is 51.6 Å². The molecule has 2 atom stereocenters. The van der Waals surface area contributed by atoms with Gasteiger partial charge in [-0.2, -0.15) is 0 Å². The van der Waals surface area contributed by atoms with Crippen molar-refractivity contribution >= 4 is 17.5 Å². The summed E-state index contributed by atoms with van der Waals surface area (Å²) in [6.45, 7) is 1.70. The van der Waals surface area contributed by atoms with E-state index in [0.29, 0.717) is 36.5 Å². The van der Waals surface area contributed by atoms with Crippen LogP contribution in [0.5, 0.6) is 23.0 Å². The number of ketones is 2. The largest absolute Gasteiger partial charge is 0.497 e. The third-order valence-electron chi connectivity index (χ3n) is 6.07. The monoisotopic (exact) mass is 470 g/mol. The fraction of sp³-hybridized carbons (Fsp3) is 0.400. The standard InChI is InChI=1S/C25H26O9/c1-12(26)34-13-6-7-33-19(9-13)22-18(31-4)11-16-21(25(22)32-5)24(28)20-15(23(16)27)8-14(29-2)10-17(20)30-3/h8,10-11,13,19H,6-7,9H2,1-5H3/t13-,19+/m1/s1. The van der Waals surface area contributed by atoms with E-state index in [4.69, 9.17) is 28.4 Å². The van der Waals surface area contributed by atoms with Crippen molar-refractivity contribution < 1.29 is 42.8 Å². The highest BCUT2D eigenvalue weighted by Gasteiger charge is 2.40. The molecule has 180 valence electrons. The van der Waals surface area contributed by atoms with Gasteiger partial charge in [0.1, 0.15) is 29.1 Å². The molecule has 0 N–H and O–H groups in total. The molecule has 0 radical (unpaired) electrons. The van der Waals surface area contributed by atoms with E-state index in [9.17, 15) is 14.4 Å². The van der Waals surface area contributed by atoms with Crippen LogP contribution < -0.4 is 18.9 Å². The van der Waals surface area contributed by atoms with E-state index in [1.54, 1.807) is 6.07 Å². The molecule has 9 nitrogen and oxygen atoms in total. The lowest BCUT2D eigenvalue weighted by atomic mass is 9.80. The van der Waals surface area contributed by atoms with Crippen LogP contribution >= 0.6 is 0 Å². The Labute approximate surface area is 196 Å². The lowest BCUT2D eigenvalue weighted by Crippen LogP contribution is -2.29. The fourth-order valence-corrected chi connectivity index (χ4v) is 4.60. The van der Waals surface area contributed by atoms with E-state index < -0.39 is 11.9 Å². The molecule has 1 fully saturated rings. The molecule has 34 heavy (non-hydrogen) atoms. The molecule has 1 aliphatic heterocycles. The first-order chi connectivity index (χ1) is 16.3. The number of carbonyl (C=O) groups excluding carboxylic acids is 3. The molecule has 1 saturated heterocycles. The number of hydrogen-bond donors (Lipinski definition) is 0. The van der Waals surface area contributed by atoms with Gasteiger partial charge in [0, 0.05) is 37.0 Å². The number of ether oxygens (including phenoxy) is 6. The predicted octanol–water partition coefficient (Wildman–Crippen LogP) is 3.28. The zero-order chi connectivity index (χ0) is 24.6. The Morgan fingerprint density at radius 3 is 2.21 bits per heavy atom. The molecule has 0 amide bonds. The van der Waals surface area contributed by atoms with Crippen LogP contribution in [0.3, 0.4) is 0 Å². The molecule has 1 aliphatic carbocycles. The molecule has 0 spiro atoms. The van der Waals surface area contributed by atoms with Crippen LogP contribution in [0.1, 0.15) is 63.3 Å². The van der Waals surface area contributed by atoms with Gasteiger partial charge in [-0.05, 0) is 12.1 Å². The van der Waals surface area contributed by atoms with Gasteiger partial charge in [-0.3, -0.25) is 14.4 Å². The number of fused-ring (bicyclic) bond motifs is 2. The van der Waals surface area contributed by atoms with Gasteiger partial charge >= 0.3 is 5.97 Å². The summed E-state index contributed by atoms with van der Waals surface area (Å²) < 4.78 is 33.4. The lowest BCUT2D eigenvalue weighted by Gasteiger charge is -2.32. The van der Waals surface area contributed by atoms with Crippen molar-refractivity contribution in [1.82, 2.24) is 0 Å². The van der Waals surface area contributed by atoms with Crippen molar-refractivity contribution in [3.8, 4) is 23.0 Å². The summed E-state index contributed by atoms with van der Waals surface area (Å²) in [5.41, 5.74) is 1.06. The Bertz CT molecular complexity index is 1170. The first-order valence-corrected chi connectivity index (χ1v) is 10.8. The van der Waals surface area contributed by atoms with E-state index in [1.807, 2.05) is 0 Å². The number of benzene rings is 2. The average molecular weight is 470 g/mol. The van der Waals surface area contributed by atoms with Crippen molar-refractivity contribution in [2.45, 2.75) is 32.0 Å². The minimum absolute atomic E-state index is 0.109. The second-order valence-electron chi connectivity index (χ2n) is 7.97. The minimum Gasteiger partial charge on any atom is -0.497 e. The highest BCUT2D eigenvalue weighted by atomic mass is 16.6. The Morgan fingerprint density at radius 2 is 1.59 bits per heavy atom. The van der Waals surface area contributed by atoms with Crippen LogP contribution in [0, 0.1) is 0 Å². The fourth-order valence-electron chi connectivity index (χ4n) is 4.60. The maximum Gasteiger partial charge on any atom is 0.302 e. The van der Waals surface area contributed by atoms with Gasteiger partial charge in [0.15, 0.2) is 5.78 Å². The quantitative estimate of drug-likeness (QED) is 0.502. The lowest BCUT2D eigenvalue weighted by molar-refractivity contribution is -0.153. The second kappa shape index (κ2) is 9.34. The predicted molar refractivity (Wildman–Crippen MR) is 119 cm³/mol. The molecule has 0 aromatic heterocycles. The van der Waals surface area contributed by atoms with Crippen LogP contribution in [0.15, 0.2) is 18.2 Å². The first kappa shape index (κ1) is 23.6. The van der Waals surface area contributed by atoms with Crippen molar-refractivity contribution in [3.05, 3.63) is 46.0 Å². The summed E-state index contributed by atoms with van der Waals surface area (Å²) in [6.07, 6.45) is -0.0255. The SMILES string of the molecule is COc1cc(OC)c2c(c1)C(=O)c1cc(OC)c([C@@H]3C[C@H](OC(C)=O)CCO3)c(OC)c1C2=O. The number of methoxy groups -OCH3 is 4. The number of esters is 1. The van der Waals surface area contributed by atoms with E-state index in [0.717, 1.165) is 0 Å². The van der Waals surface area contributed by atoms with Crippen LogP contribution in [-0.2, 0) is 14.3 Å². The number of carbonyl (C=O) groups is 3. The van der Waals surface area contributed by atoms with Crippen molar-refractivity contribution in [1.29, 1.82) is 0 Å². The van der Waals surface area contributed by atoms with Gasteiger partial charge in [0.25, 0.3) is 0 Å². The Hall–Kier alpha value is -3.59. The van der Waals surface area contributed by atoms with E-state index in [1.165, 1.54) is 47.5 Å². The second-order valence-corrected chi connectivity index (χ2v) is 7.97. The van der Waals surface area contributed by atoms with Gasteiger partial charge in [-0.25, -0.2) is 0 Å². The number of rotatable bonds is 6. The molecule has 4 rings (SSSR count). The Kier molecular flexibility index (Phi) is 6.47. The van der Waals surface area contributed by atoms with Gasteiger partial charge in [-0.15, -0.1) is 0 Å². The number of hydrogen-bond acceptors (Lipinski definition) is 9. The van der Waals surface area contributed by atoms with Crippen LogP contribution in [-0.4, -0.2) is 58.7 Å². The maximum absolute atomic E-state index is 13.8. The van der Waals surface area contributed by atoms with Gasteiger partial charge in [-0.1, -0.05) is 0 Å². The summed E-state index contributed by atoms with van der Waals surface area (Å²) in [5, 5.41) is 0. The molecule has 2 aromatic rings. The Morgan fingerprint density at radius 1 is 0.882 bits per heavy atom. The zero-order valence-electron chi connectivity index (χ0n) is 19.7. The third kappa shape index (κ3) is 3.86. The molecular weight excluding hydrogens is 444 g/mol. The first-order valence-electron chi connectivity index (χ1n) is 10.8. The topological polar surface area (TPSA) is 107 Å². The van der Waals surface area contributed by atoms with Gasteiger partial charge in [0.05, 0.1) is 57.8 Å². The molecule has 0 bridgehead atoms. The molecule has 2 aromatic carbocycles. The summed E-state index contributed by atoms with van der Waals surface area (Å²) in [6, 6.07) is 4.60. The van der Waals surface area contributed by atoms with Crippen molar-refractivity contribution in [2.24, 2.45) is 0 Å². The van der Waals surface area contributed by atoms with Crippen LogP contribution in [0.4, 0.5) is 0 Å². The summed E-state index contributed by atoms with van der Waals surface area (Å²) in [4.78, 5) is 38.8. The molecular formula is C25H26O9. The molecule has 2 aliphatic rings. The Balaban J connectivity index is 1.90. The van der Waals surface area contributed by atoms with E-state index in [2.05, 4.69) is 0 Å². The molecule has 0 unspecified atom stereocenters. The highest BCUT2D eigenvalue weighted by molar-refractivity contribution is 6.30. The van der Waals surface area contributed by atoms with E-state index >= 15 is 0 Å².